The number of nitrogens with zero attached hydrogens (tertiary/aromatic N) is 2. The lowest BCUT2D eigenvalue weighted by Gasteiger charge is -2.34. The van der Waals surface area contributed by atoms with Gasteiger partial charge in [0.05, 0.1) is 16.1 Å². The molecule has 1 atom stereocenters. The summed E-state index contributed by atoms with van der Waals surface area (Å²) in [7, 11) is 0. The zero-order valence-corrected chi connectivity index (χ0v) is 18.4. The Morgan fingerprint density at radius 1 is 1.23 bits per heavy atom. The van der Waals surface area contributed by atoms with Crippen molar-refractivity contribution in [3.05, 3.63) is 63.7 Å². The molecule has 0 aliphatic rings. The summed E-state index contributed by atoms with van der Waals surface area (Å²) >= 11 is 6.22. The summed E-state index contributed by atoms with van der Waals surface area (Å²) in [6.45, 7) is 6.29. The van der Waals surface area contributed by atoms with Crippen molar-refractivity contribution in [1.29, 1.82) is 5.26 Å². The second-order valence-electron chi connectivity index (χ2n) is 7.66. The van der Waals surface area contributed by atoms with Crippen LogP contribution in [0.5, 0.6) is 0 Å². The molecular formula is C23H25ClF3N3O. The first kappa shape index (κ1) is 24.7. The first-order valence-corrected chi connectivity index (χ1v) is 10.2. The number of carbonyl (C=O) groups is 1. The number of hydrogen-bond acceptors (Lipinski definition) is 4. The Kier molecular flexibility index (Phi) is 8.49. The van der Waals surface area contributed by atoms with E-state index in [1.165, 1.54) is 6.07 Å². The first-order chi connectivity index (χ1) is 14.6. The van der Waals surface area contributed by atoms with E-state index >= 15 is 0 Å². The summed E-state index contributed by atoms with van der Waals surface area (Å²) in [4.78, 5) is 13.3. The van der Waals surface area contributed by atoms with Gasteiger partial charge in [-0.25, -0.2) is 0 Å². The van der Waals surface area contributed by atoms with Crippen molar-refractivity contribution in [2.75, 3.05) is 11.4 Å². The maximum atomic E-state index is 13.3. The van der Waals surface area contributed by atoms with Gasteiger partial charge in [-0.1, -0.05) is 31.5 Å². The predicted molar refractivity (Wildman–Crippen MR) is 116 cm³/mol. The number of carbonyl (C=O) groups excluding carboxylic acids is 1. The van der Waals surface area contributed by atoms with Crippen LogP contribution in [0.1, 0.15) is 42.5 Å². The molecular weight excluding hydrogens is 427 g/mol. The number of hydrogen-bond donors (Lipinski definition) is 1. The van der Waals surface area contributed by atoms with Gasteiger partial charge >= 0.3 is 6.18 Å². The molecule has 2 aromatic carbocycles. The zero-order valence-electron chi connectivity index (χ0n) is 17.6. The van der Waals surface area contributed by atoms with Gasteiger partial charge in [-0.05, 0) is 48.4 Å². The van der Waals surface area contributed by atoms with E-state index in [4.69, 9.17) is 16.9 Å². The average Bonchev–Trinajstić information content (AvgIpc) is 2.69. The van der Waals surface area contributed by atoms with E-state index in [0.717, 1.165) is 18.4 Å². The van der Waals surface area contributed by atoms with Gasteiger partial charge in [-0.3, -0.25) is 0 Å². The molecule has 8 heteroatoms. The SMILES string of the molecule is Cc1ccc(C(F)(F)F)cc1CN(c1ccc(C#N)c(Cl)c1)[C@@H](CC=O)CNC(C)C. The van der Waals surface area contributed by atoms with Crippen molar-refractivity contribution >= 4 is 23.6 Å². The minimum Gasteiger partial charge on any atom is -0.362 e. The highest BCUT2D eigenvalue weighted by molar-refractivity contribution is 6.32. The van der Waals surface area contributed by atoms with E-state index in [-0.39, 0.29) is 30.1 Å². The van der Waals surface area contributed by atoms with E-state index in [0.29, 0.717) is 28.9 Å². The fourth-order valence-corrected chi connectivity index (χ4v) is 3.43. The maximum Gasteiger partial charge on any atom is 0.416 e. The van der Waals surface area contributed by atoms with E-state index in [2.05, 4.69) is 5.32 Å². The molecule has 0 aromatic heterocycles. The minimum atomic E-state index is -4.45. The van der Waals surface area contributed by atoms with Gasteiger partial charge in [0.2, 0.25) is 0 Å². The van der Waals surface area contributed by atoms with Crippen molar-refractivity contribution in [1.82, 2.24) is 5.32 Å². The number of aldehydes is 1. The number of aryl methyl sites for hydroxylation is 1. The zero-order chi connectivity index (χ0) is 23.2. The predicted octanol–water partition coefficient (Wildman–Crippen LogP) is 5.50. The summed E-state index contributed by atoms with van der Waals surface area (Å²) in [5.74, 6) is 0. The Labute approximate surface area is 185 Å². The van der Waals surface area contributed by atoms with Gasteiger partial charge in [0.25, 0.3) is 0 Å². The lowest BCUT2D eigenvalue weighted by molar-refractivity contribution is -0.137. The number of benzene rings is 2. The molecule has 0 aliphatic heterocycles. The topological polar surface area (TPSA) is 56.1 Å². The van der Waals surface area contributed by atoms with Gasteiger partial charge in [-0.15, -0.1) is 0 Å². The lowest BCUT2D eigenvalue weighted by Crippen LogP contribution is -2.44. The summed E-state index contributed by atoms with van der Waals surface area (Å²) in [5.41, 5.74) is 1.40. The molecule has 0 amide bonds. The number of anilines is 1. The number of nitrogens with one attached hydrogen (secondary N) is 1. The second kappa shape index (κ2) is 10.7. The van der Waals surface area contributed by atoms with Crippen LogP contribution >= 0.6 is 11.6 Å². The molecule has 166 valence electrons. The molecule has 0 spiro atoms. The van der Waals surface area contributed by atoms with E-state index in [1.54, 1.807) is 25.1 Å². The fourth-order valence-electron chi connectivity index (χ4n) is 3.21. The van der Waals surface area contributed by atoms with Crippen LogP contribution in [0.25, 0.3) is 0 Å². The molecule has 0 saturated carbocycles. The first-order valence-electron chi connectivity index (χ1n) is 9.86. The molecule has 31 heavy (non-hydrogen) atoms. The van der Waals surface area contributed by atoms with Crippen LogP contribution in [-0.2, 0) is 17.5 Å². The monoisotopic (exact) mass is 451 g/mol. The highest BCUT2D eigenvalue weighted by Gasteiger charge is 2.31. The van der Waals surface area contributed by atoms with Gasteiger partial charge < -0.3 is 15.0 Å². The number of nitriles is 1. The molecule has 1 N–H and O–H groups in total. The summed E-state index contributed by atoms with van der Waals surface area (Å²) in [6, 6.07) is 10.4. The quantitative estimate of drug-likeness (QED) is 0.511. The summed E-state index contributed by atoms with van der Waals surface area (Å²) < 4.78 is 39.8. The third-order valence-electron chi connectivity index (χ3n) is 4.99. The number of rotatable bonds is 9. The third-order valence-corrected chi connectivity index (χ3v) is 5.31. The normalized spacial score (nSPS) is 12.5. The van der Waals surface area contributed by atoms with Gasteiger partial charge in [0.15, 0.2) is 0 Å². The smallest absolute Gasteiger partial charge is 0.362 e. The second-order valence-corrected chi connectivity index (χ2v) is 8.07. The van der Waals surface area contributed by atoms with Crippen molar-refractivity contribution in [3.63, 3.8) is 0 Å². The molecule has 0 aliphatic carbocycles. The van der Waals surface area contributed by atoms with E-state index in [1.807, 2.05) is 24.8 Å². The third kappa shape index (κ3) is 6.71. The largest absolute Gasteiger partial charge is 0.416 e. The highest BCUT2D eigenvalue weighted by atomic mass is 35.5. The Bertz CT molecular complexity index is 954. The van der Waals surface area contributed by atoms with Crippen LogP contribution in [0.2, 0.25) is 5.02 Å². The Morgan fingerprint density at radius 3 is 2.48 bits per heavy atom. The van der Waals surface area contributed by atoms with Gasteiger partial charge in [-0.2, -0.15) is 18.4 Å². The fraction of sp³-hybridized carbons (Fsp3) is 0.391. The van der Waals surface area contributed by atoms with Crippen LogP contribution in [-0.4, -0.2) is 24.9 Å². The van der Waals surface area contributed by atoms with E-state index < -0.39 is 11.7 Å². The molecule has 0 heterocycles. The lowest BCUT2D eigenvalue weighted by atomic mass is 10.0. The molecule has 2 aromatic rings. The van der Waals surface area contributed by atoms with Crippen molar-refractivity contribution < 1.29 is 18.0 Å². The Hall–Kier alpha value is -2.56. The summed E-state index contributed by atoms with van der Waals surface area (Å²) in [5, 5.41) is 12.7. The molecule has 0 saturated heterocycles. The van der Waals surface area contributed by atoms with Crippen molar-refractivity contribution in [2.45, 2.75) is 52.0 Å². The van der Waals surface area contributed by atoms with Crippen molar-refractivity contribution in [2.24, 2.45) is 0 Å². The minimum absolute atomic E-state index is 0.149. The molecule has 4 nitrogen and oxygen atoms in total. The average molecular weight is 452 g/mol. The van der Waals surface area contributed by atoms with Gasteiger partial charge in [0, 0.05) is 37.3 Å². The molecule has 0 unspecified atom stereocenters. The van der Waals surface area contributed by atoms with Gasteiger partial charge in [0.1, 0.15) is 12.4 Å². The molecule has 0 bridgehead atoms. The standard InChI is InChI=1S/C23H25ClF3N3O/c1-15(2)29-13-21(8-9-31)30(20-7-5-17(12-28)22(24)11-20)14-18-10-19(23(25,26)27)6-4-16(18)3/h4-7,9-11,15,21,29H,8,13-14H2,1-3H3/t21-/m0/s1. The Morgan fingerprint density at radius 2 is 1.94 bits per heavy atom. The van der Waals surface area contributed by atoms with Crippen LogP contribution in [0, 0.1) is 18.3 Å². The molecule has 2 rings (SSSR count). The van der Waals surface area contributed by atoms with Crippen LogP contribution in [0.15, 0.2) is 36.4 Å². The highest BCUT2D eigenvalue weighted by Crippen LogP contribution is 2.32. The number of halogens is 4. The molecule has 0 fully saturated rings. The van der Waals surface area contributed by atoms with Crippen LogP contribution in [0.3, 0.4) is 0 Å². The van der Waals surface area contributed by atoms with Crippen molar-refractivity contribution in [3.8, 4) is 6.07 Å². The maximum absolute atomic E-state index is 13.3. The Balaban J connectivity index is 2.52. The van der Waals surface area contributed by atoms with E-state index in [9.17, 15) is 18.0 Å². The van der Waals surface area contributed by atoms with Crippen LogP contribution in [0.4, 0.5) is 18.9 Å². The molecule has 0 radical (unpaired) electrons. The van der Waals surface area contributed by atoms with Crippen LogP contribution < -0.4 is 10.2 Å². The number of alkyl halides is 3. The summed E-state index contributed by atoms with van der Waals surface area (Å²) in [6.07, 6.45) is -3.48.